The van der Waals surface area contributed by atoms with Crippen molar-refractivity contribution in [3.8, 4) is 10.6 Å². The van der Waals surface area contributed by atoms with Crippen LogP contribution in [-0.4, -0.2) is 43.2 Å². The second kappa shape index (κ2) is 8.99. The third-order valence-electron chi connectivity index (χ3n) is 6.47. The number of para-hydroxylation sites is 1. The molecule has 4 aromatic rings. The zero-order valence-electron chi connectivity index (χ0n) is 21.7. The predicted molar refractivity (Wildman–Crippen MR) is 152 cm³/mol. The lowest BCUT2D eigenvalue weighted by atomic mass is 9.81. The van der Waals surface area contributed by atoms with Gasteiger partial charge in [0.2, 0.25) is 10.0 Å². The van der Waals surface area contributed by atoms with E-state index in [0.29, 0.717) is 5.56 Å². The average molecular weight is 555 g/mol. The van der Waals surface area contributed by atoms with Gasteiger partial charge in [-0.15, -0.1) is 22.7 Å². The number of carbonyl (C=O) groups excluding carboxylic acids is 1. The molecular weight excluding hydrogens is 525 g/mol. The number of benzene rings is 2. The van der Waals surface area contributed by atoms with Crippen molar-refractivity contribution >= 4 is 53.8 Å². The van der Waals surface area contributed by atoms with Gasteiger partial charge in [0.25, 0.3) is 5.91 Å². The normalized spacial score (nSPS) is 16.6. The van der Waals surface area contributed by atoms with Crippen molar-refractivity contribution in [2.75, 3.05) is 19.4 Å². The standard InChI is InChI=1S/C27H30N4O3S3/c1-26(2)15-18-21(24-28-19-9-7-8-10-20(19)35-24)25(36-22(18)27(3,4)30-26)29-23(32)16-11-13-17(14-12-16)37(33,34)31(5)6/h7-14,30H,15H2,1-6H3,(H,29,32). The van der Waals surface area contributed by atoms with Crippen LogP contribution in [0.2, 0.25) is 0 Å². The van der Waals surface area contributed by atoms with E-state index in [2.05, 4.69) is 44.4 Å². The quantitative estimate of drug-likeness (QED) is 0.331. The molecule has 0 aliphatic carbocycles. The lowest BCUT2D eigenvalue weighted by molar-refractivity contribution is 0.102. The van der Waals surface area contributed by atoms with Crippen molar-refractivity contribution in [3.05, 3.63) is 64.5 Å². The number of nitrogens with one attached hydrogen (secondary N) is 2. The second-order valence-corrected chi connectivity index (χ2v) is 14.9. The Balaban J connectivity index is 1.58. The molecular formula is C27H30N4O3S3. The molecule has 37 heavy (non-hydrogen) atoms. The molecule has 2 aromatic carbocycles. The van der Waals surface area contributed by atoms with Crippen LogP contribution >= 0.6 is 22.7 Å². The van der Waals surface area contributed by atoms with Crippen molar-refractivity contribution in [2.45, 2.75) is 50.1 Å². The summed E-state index contributed by atoms with van der Waals surface area (Å²) in [6.45, 7) is 8.72. The molecule has 0 spiro atoms. The number of hydrogen-bond donors (Lipinski definition) is 2. The zero-order chi connectivity index (χ0) is 26.8. The molecule has 2 N–H and O–H groups in total. The number of anilines is 1. The Labute approximate surface area is 225 Å². The number of amides is 1. The average Bonchev–Trinajstić information content (AvgIpc) is 3.39. The Hall–Kier alpha value is -2.63. The van der Waals surface area contributed by atoms with E-state index in [-0.39, 0.29) is 21.9 Å². The summed E-state index contributed by atoms with van der Waals surface area (Å²) < 4.78 is 27.1. The van der Waals surface area contributed by atoms with Crippen molar-refractivity contribution in [3.63, 3.8) is 0 Å². The Morgan fingerprint density at radius 3 is 2.35 bits per heavy atom. The van der Waals surface area contributed by atoms with Crippen LogP contribution in [0.1, 0.15) is 48.5 Å². The fourth-order valence-electron chi connectivity index (χ4n) is 4.99. The van der Waals surface area contributed by atoms with Crippen LogP contribution in [0, 0.1) is 0 Å². The van der Waals surface area contributed by atoms with Gasteiger partial charge in [-0.1, -0.05) is 12.1 Å². The first-order valence-electron chi connectivity index (χ1n) is 11.9. The first-order valence-corrected chi connectivity index (χ1v) is 15.0. The molecule has 5 rings (SSSR count). The third-order valence-corrected chi connectivity index (χ3v) is 10.8. The molecule has 0 bridgehead atoms. The van der Waals surface area contributed by atoms with Crippen molar-refractivity contribution < 1.29 is 13.2 Å². The van der Waals surface area contributed by atoms with Crippen LogP contribution in [0.25, 0.3) is 20.8 Å². The van der Waals surface area contributed by atoms with Crippen molar-refractivity contribution in [1.82, 2.24) is 14.6 Å². The summed E-state index contributed by atoms with van der Waals surface area (Å²) in [7, 11) is -0.606. The molecule has 1 amide bonds. The highest BCUT2D eigenvalue weighted by molar-refractivity contribution is 7.89. The SMILES string of the molecule is CN(C)S(=O)(=O)c1ccc(C(=O)Nc2sc3c(c2-c2nc4ccccc4s2)CC(C)(C)NC3(C)C)cc1. The summed E-state index contributed by atoms with van der Waals surface area (Å²) in [4.78, 5) is 19.6. The maximum Gasteiger partial charge on any atom is 0.256 e. The summed E-state index contributed by atoms with van der Waals surface area (Å²) in [6, 6.07) is 14.1. The lowest BCUT2D eigenvalue weighted by Crippen LogP contribution is -2.54. The maximum absolute atomic E-state index is 13.4. The van der Waals surface area contributed by atoms with Gasteiger partial charge in [0, 0.05) is 41.2 Å². The van der Waals surface area contributed by atoms with E-state index in [4.69, 9.17) is 4.98 Å². The van der Waals surface area contributed by atoms with Gasteiger partial charge in [-0.25, -0.2) is 17.7 Å². The summed E-state index contributed by atoms with van der Waals surface area (Å²) >= 11 is 3.20. The molecule has 0 saturated carbocycles. The molecule has 194 valence electrons. The molecule has 10 heteroatoms. The number of aromatic nitrogens is 1. The van der Waals surface area contributed by atoms with Gasteiger partial charge in [0.05, 0.1) is 15.1 Å². The number of hydrogen-bond acceptors (Lipinski definition) is 7. The smallest absolute Gasteiger partial charge is 0.256 e. The Kier molecular flexibility index (Phi) is 6.32. The molecule has 2 aromatic heterocycles. The van der Waals surface area contributed by atoms with Gasteiger partial charge in [0.1, 0.15) is 10.0 Å². The molecule has 0 unspecified atom stereocenters. The van der Waals surface area contributed by atoms with E-state index < -0.39 is 10.0 Å². The summed E-state index contributed by atoms with van der Waals surface area (Å²) in [5, 5.41) is 8.51. The van der Waals surface area contributed by atoms with Crippen LogP contribution < -0.4 is 10.6 Å². The monoisotopic (exact) mass is 554 g/mol. The van der Waals surface area contributed by atoms with E-state index >= 15 is 0 Å². The largest absolute Gasteiger partial charge is 0.313 e. The minimum Gasteiger partial charge on any atom is -0.313 e. The number of carbonyl (C=O) groups is 1. The van der Waals surface area contributed by atoms with Gasteiger partial charge in [-0.2, -0.15) is 0 Å². The fourth-order valence-corrected chi connectivity index (χ4v) is 8.27. The predicted octanol–water partition coefficient (Wildman–Crippen LogP) is 5.69. The lowest BCUT2D eigenvalue weighted by Gasteiger charge is -2.42. The first-order chi connectivity index (χ1) is 17.3. The molecule has 0 radical (unpaired) electrons. The van der Waals surface area contributed by atoms with Gasteiger partial charge in [-0.05, 0) is 76.1 Å². The summed E-state index contributed by atoms with van der Waals surface area (Å²) in [6.07, 6.45) is 0.806. The van der Waals surface area contributed by atoms with E-state index in [1.54, 1.807) is 34.8 Å². The van der Waals surface area contributed by atoms with Crippen LogP contribution in [0.5, 0.6) is 0 Å². The van der Waals surface area contributed by atoms with E-state index in [0.717, 1.165) is 36.5 Å². The highest BCUT2D eigenvalue weighted by Gasteiger charge is 2.41. The Morgan fingerprint density at radius 2 is 1.70 bits per heavy atom. The van der Waals surface area contributed by atoms with Crippen LogP contribution in [-0.2, 0) is 22.0 Å². The highest BCUT2D eigenvalue weighted by atomic mass is 32.2. The van der Waals surface area contributed by atoms with Gasteiger partial charge in [-0.3, -0.25) is 4.79 Å². The minimum atomic E-state index is -3.57. The number of sulfonamides is 1. The Morgan fingerprint density at radius 1 is 1.03 bits per heavy atom. The van der Waals surface area contributed by atoms with Gasteiger partial charge in [0.15, 0.2) is 0 Å². The molecule has 0 saturated heterocycles. The van der Waals surface area contributed by atoms with E-state index in [1.807, 2.05) is 18.2 Å². The molecule has 1 aliphatic heterocycles. The number of fused-ring (bicyclic) bond motifs is 2. The third kappa shape index (κ3) is 4.72. The molecule has 7 nitrogen and oxygen atoms in total. The highest BCUT2D eigenvalue weighted by Crippen LogP contribution is 2.50. The summed E-state index contributed by atoms with van der Waals surface area (Å²) in [5.41, 5.74) is 3.10. The number of nitrogens with zero attached hydrogens (tertiary/aromatic N) is 2. The van der Waals surface area contributed by atoms with Gasteiger partial charge < -0.3 is 10.6 Å². The van der Waals surface area contributed by atoms with Crippen molar-refractivity contribution in [1.29, 1.82) is 0 Å². The number of thiazole rings is 1. The van der Waals surface area contributed by atoms with Crippen LogP contribution in [0.15, 0.2) is 53.4 Å². The zero-order valence-corrected chi connectivity index (χ0v) is 24.1. The first kappa shape index (κ1) is 26.0. The van der Waals surface area contributed by atoms with E-state index in [1.165, 1.54) is 36.7 Å². The second-order valence-electron chi connectivity index (χ2n) is 10.7. The van der Waals surface area contributed by atoms with Crippen molar-refractivity contribution in [2.24, 2.45) is 0 Å². The fraction of sp³-hybridized carbons (Fsp3) is 0.333. The van der Waals surface area contributed by atoms with E-state index in [9.17, 15) is 13.2 Å². The molecule has 0 fully saturated rings. The molecule has 3 heterocycles. The molecule has 1 aliphatic rings. The van der Waals surface area contributed by atoms with Gasteiger partial charge >= 0.3 is 0 Å². The topological polar surface area (TPSA) is 91.4 Å². The van der Waals surface area contributed by atoms with Crippen LogP contribution in [0.3, 0.4) is 0 Å². The Bertz CT molecular complexity index is 1580. The van der Waals surface area contributed by atoms with Crippen LogP contribution in [0.4, 0.5) is 5.00 Å². The minimum absolute atomic E-state index is 0.127. The number of thiophene rings is 1. The number of rotatable bonds is 5. The molecule has 0 atom stereocenters. The summed E-state index contributed by atoms with van der Waals surface area (Å²) in [5.74, 6) is -0.292. The maximum atomic E-state index is 13.4.